The molecule has 1 N–H and O–H groups in total. The van der Waals surface area contributed by atoms with Crippen molar-refractivity contribution in [1.29, 1.82) is 0 Å². The molecule has 0 saturated carbocycles. The minimum absolute atomic E-state index is 0.0754. The second-order valence-corrected chi connectivity index (χ2v) is 5.26. The lowest BCUT2D eigenvalue weighted by molar-refractivity contribution is -0.147. The first kappa shape index (κ1) is 14.1. The third-order valence-electron chi connectivity index (χ3n) is 3.82. The quantitative estimate of drug-likeness (QED) is 0.735. The highest BCUT2D eigenvalue weighted by atomic mass is 16.5. The summed E-state index contributed by atoms with van der Waals surface area (Å²) in [5, 5.41) is 9.14. The Morgan fingerprint density at radius 3 is 2.63 bits per heavy atom. The summed E-state index contributed by atoms with van der Waals surface area (Å²) < 4.78 is 5.14. The Kier molecular flexibility index (Phi) is 4.26. The van der Waals surface area contributed by atoms with Gasteiger partial charge < -0.3 is 24.5 Å². The van der Waals surface area contributed by atoms with Gasteiger partial charge in [0.15, 0.2) is 6.04 Å². The first-order valence-electron chi connectivity index (χ1n) is 6.53. The van der Waals surface area contributed by atoms with Crippen LogP contribution in [0, 0.1) is 0 Å². The molecule has 2 aliphatic rings. The molecule has 7 nitrogen and oxygen atoms in total. The molecule has 0 aliphatic carbocycles. The molecule has 108 valence electrons. The van der Waals surface area contributed by atoms with E-state index in [0.29, 0.717) is 32.3 Å². The van der Waals surface area contributed by atoms with Crippen molar-refractivity contribution in [2.24, 2.45) is 0 Å². The number of urea groups is 1. The van der Waals surface area contributed by atoms with Crippen LogP contribution in [-0.4, -0.2) is 90.8 Å². The van der Waals surface area contributed by atoms with Gasteiger partial charge in [0, 0.05) is 25.7 Å². The molecular weight excluding hydrogens is 250 g/mol. The Bertz CT molecular complexity index is 361. The van der Waals surface area contributed by atoms with Crippen LogP contribution in [0.4, 0.5) is 4.79 Å². The average molecular weight is 271 g/mol. The highest BCUT2D eigenvalue weighted by Gasteiger charge is 2.37. The van der Waals surface area contributed by atoms with Crippen molar-refractivity contribution < 1.29 is 19.4 Å². The van der Waals surface area contributed by atoms with Crippen LogP contribution in [0.25, 0.3) is 0 Å². The van der Waals surface area contributed by atoms with Gasteiger partial charge in [0.25, 0.3) is 0 Å². The number of morpholine rings is 1. The fraction of sp³-hybridized carbons (Fsp3) is 0.833. The van der Waals surface area contributed by atoms with Gasteiger partial charge in [-0.3, -0.25) is 0 Å². The number of aliphatic carboxylic acids is 1. The minimum Gasteiger partial charge on any atom is -0.480 e. The summed E-state index contributed by atoms with van der Waals surface area (Å²) in [6.07, 6.45) is 0.931. The van der Waals surface area contributed by atoms with Gasteiger partial charge in [0.05, 0.1) is 13.2 Å². The maximum Gasteiger partial charge on any atom is 0.328 e. The molecule has 0 bridgehead atoms. The van der Waals surface area contributed by atoms with Crippen molar-refractivity contribution in [1.82, 2.24) is 14.7 Å². The molecule has 0 aromatic rings. The molecule has 2 unspecified atom stereocenters. The van der Waals surface area contributed by atoms with Crippen LogP contribution in [0.15, 0.2) is 0 Å². The van der Waals surface area contributed by atoms with Gasteiger partial charge in [-0.2, -0.15) is 0 Å². The highest BCUT2D eigenvalue weighted by molar-refractivity contribution is 5.83. The fourth-order valence-electron chi connectivity index (χ4n) is 2.56. The van der Waals surface area contributed by atoms with Crippen LogP contribution < -0.4 is 0 Å². The predicted molar refractivity (Wildman–Crippen MR) is 68.0 cm³/mol. The van der Waals surface area contributed by atoms with Crippen LogP contribution in [0.3, 0.4) is 0 Å². The van der Waals surface area contributed by atoms with E-state index in [4.69, 9.17) is 9.84 Å². The van der Waals surface area contributed by atoms with Crippen LogP contribution >= 0.6 is 0 Å². The summed E-state index contributed by atoms with van der Waals surface area (Å²) in [6.45, 7) is 2.17. The number of carboxylic acid groups (broad SMARTS) is 1. The Hall–Kier alpha value is -1.34. The lowest BCUT2D eigenvalue weighted by Gasteiger charge is -2.35. The number of nitrogens with zero attached hydrogens (tertiary/aromatic N) is 3. The number of carbonyl (C=O) groups is 2. The van der Waals surface area contributed by atoms with E-state index in [1.807, 2.05) is 14.1 Å². The number of likely N-dealkylation sites (tertiary alicyclic amines) is 1. The van der Waals surface area contributed by atoms with E-state index in [2.05, 4.69) is 4.90 Å². The van der Waals surface area contributed by atoms with Crippen molar-refractivity contribution in [2.75, 3.05) is 46.9 Å². The maximum absolute atomic E-state index is 12.4. The first-order valence-corrected chi connectivity index (χ1v) is 6.53. The molecule has 7 heteroatoms. The number of rotatable bonds is 2. The normalized spacial score (nSPS) is 27.9. The molecule has 2 atom stereocenters. The van der Waals surface area contributed by atoms with E-state index in [1.165, 1.54) is 4.90 Å². The predicted octanol–water partition coefficient (Wildman–Crippen LogP) is -0.472. The Labute approximate surface area is 112 Å². The number of hydrogen-bond acceptors (Lipinski definition) is 4. The Morgan fingerprint density at radius 2 is 2.05 bits per heavy atom. The average Bonchev–Trinajstić information content (AvgIpc) is 2.87. The van der Waals surface area contributed by atoms with E-state index in [-0.39, 0.29) is 12.6 Å². The summed E-state index contributed by atoms with van der Waals surface area (Å²) in [6, 6.07) is -0.687. The standard InChI is InChI=1S/C12H21N3O4/c1-13(2)9-3-4-14(7-9)12(18)15-5-6-19-8-10(15)11(16)17/h9-10H,3-8H2,1-2H3,(H,16,17). The summed E-state index contributed by atoms with van der Waals surface area (Å²) in [7, 11) is 3.99. The third kappa shape index (κ3) is 2.98. The van der Waals surface area contributed by atoms with E-state index in [9.17, 15) is 9.59 Å². The summed E-state index contributed by atoms with van der Waals surface area (Å²) in [4.78, 5) is 28.8. The highest BCUT2D eigenvalue weighted by Crippen LogP contribution is 2.18. The minimum atomic E-state index is -1.00. The molecule has 2 fully saturated rings. The fourth-order valence-corrected chi connectivity index (χ4v) is 2.56. The molecule has 2 rings (SSSR count). The second kappa shape index (κ2) is 5.75. The van der Waals surface area contributed by atoms with Gasteiger partial charge in [-0.1, -0.05) is 0 Å². The van der Waals surface area contributed by atoms with Gasteiger partial charge in [0.2, 0.25) is 0 Å². The molecule has 0 aromatic carbocycles. The van der Waals surface area contributed by atoms with Crippen molar-refractivity contribution in [3.05, 3.63) is 0 Å². The number of carbonyl (C=O) groups excluding carboxylic acids is 1. The number of carboxylic acids is 1. The summed E-state index contributed by atoms with van der Waals surface area (Å²) in [5.74, 6) is -1.00. The number of ether oxygens (including phenoxy) is 1. The largest absolute Gasteiger partial charge is 0.480 e. The van der Waals surface area contributed by atoms with Gasteiger partial charge >= 0.3 is 12.0 Å². The lowest BCUT2D eigenvalue weighted by Crippen LogP contribution is -2.56. The summed E-state index contributed by atoms with van der Waals surface area (Å²) >= 11 is 0. The zero-order valence-electron chi connectivity index (χ0n) is 11.4. The molecule has 2 saturated heterocycles. The van der Waals surface area contributed by atoms with Crippen molar-refractivity contribution in [3.63, 3.8) is 0 Å². The Morgan fingerprint density at radius 1 is 1.32 bits per heavy atom. The van der Waals surface area contributed by atoms with Crippen LogP contribution in [0.2, 0.25) is 0 Å². The molecule has 2 heterocycles. The molecular formula is C12H21N3O4. The monoisotopic (exact) mass is 271 g/mol. The zero-order chi connectivity index (χ0) is 14.0. The zero-order valence-corrected chi connectivity index (χ0v) is 11.4. The van der Waals surface area contributed by atoms with Gasteiger partial charge in [0.1, 0.15) is 0 Å². The third-order valence-corrected chi connectivity index (χ3v) is 3.82. The van der Waals surface area contributed by atoms with E-state index in [1.54, 1.807) is 4.90 Å². The smallest absolute Gasteiger partial charge is 0.328 e. The number of likely N-dealkylation sites (N-methyl/N-ethyl adjacent to an activating group) is 1. The molecule has 2 amide bonds. The molecule has 0 aromatic heterocycles. The van der Waals surface area contributed by atoms with Crippen LogP contribution in [0.1, 0.15) is 6.42 Å². The Balaban J connectivity index is 2.00. The molecule has 2 aliphatic heterocycles. The van der Waals surface area contributed by atoms with Crippen LogP contribution in [0.5, 0.6) is 0 Å². The van der Waals surface area contributed by atoms with E-state index >= 15 is 0 Å². The van der Waals surface area contributed by atoms with E-state index in [0.717, 1.165) is 6.42 Å². The van der Waals surface area contributed by atoms with Crippen LogP contribution in [-0.2, 0) is 9.53 Å². The van der Waals surface area contributed by atoms with Gasteiger partial charge in [-0.05, 0) is 20.5 Å². The molecule has 0 radical (unpaired) electrons. The van der Waals surface area contributed by atoms with Gasteiger partial charge in [-0.25, -0.2) is 9.59 Å². The molecule has 0 spiro atoms. The van der Waals surface area contributed by atoms with E-state index < -0.39 is 12.0 Å². The number of amides is 2. The SMILES string of the molecule is CN(C)C1CCN(C(=O)N2CCOCC2C(=O)O)C1. The number of hydrogen-bond donors (Lipinski definition) is 1. The van der Waals surface area contributed by atoms with Crippen molar-refractivity contribution >= 4 is 12.0 Å². The van der Waals surface area contributed by atoms with Crippen molar-refractivity contribution in [3.8, 4) is 0 Å². The topological polar surface area (TPSA) is 73.3 Å². The second-order valence-electron chi connectivity index (χ2n) is 5.26. The lowest BCUT2D eigenvalue weighted by atomic mass is 10.2. The summed E-state index contributed by atoms with van der Waals surface area (Å²) in [5.41, 5.74) is 0. The van der Waals surface area contributed by atoms with Gasteiger partial charge in [-0.15, -0.1) is 0 Å². The maximum atomic E-state index is 12.4. The first-order chi connectivity index (χ1) is 9.00. The molecule has 19 heavy (non-hydrogen) atoms. The van der Waals surface area contributed by atoms with Crippen molar-refractivity contribution in [2.45, 2.75) is 18.5 Å².